The van der Waals surface area contributed by atoms with Crippen LogP contribution in [0.1, 0.15) is 15.9 Å². The Bertz CT molecular complexity index is 672. The zero-order valence-corrected chi connectivity index (χ0v) is 13.1. The molecule has 1 atom stereocenters. The molecule has 3 N–H and O–H groups in total. The number of carbonyl (C=O) groups is 2. The van der Waals surface area contributed by atoms with Gasteiger partial charge in [-0.05, 0) is 42.0 Å². The molecule has 0 spiro atoms. The molecule has 0 saturated carbocycles. The van der Waals surface area contributed by atoms with E-state index >= 15 is 0 Å². The molecule has 0 fully saturated rings. The summed E-state index contributed by atoms with van der Waals surface area (Å²) in [6.45, 7) is 0. The highest BCUT2D eigenvalue weighted by molar-refractivity contribution is 9.10. The van der Waals surface area contributed by atoms with Gasteiger partial charge in [0.15, 0.2) is 0 Å². The molecule has 0 aromatic heterocycles. The van der Waals surface area contributed by atoms with E-state index in [0.29, 0.717) is 0 Å². The van der Waals surface area contributed by atoms with E-state index in [2.05, 4.69) is 21.2 Å². The van der Waals surface area contributed by atoms with Crippen LogP contribution in [-0.4, -0.2) is 17.9 Å². The zero-order chi connectivity index (χ0) is 16.1. The number of carbonyl (C=O) groups excluding carboxylic acids is 2. The molecule has 22 heavy (non-hydrogen) atoms. The normalized spacial score (nSPS) is 11.7. The standard InChI is InChI=1S/C16H14BrFN2O2/c17-12-5-1-10(2-6-12)9-14(15(19)21)20-16(22)11-3-7-13(18)8-4-11/h1-8,14H,9H2,(H2,19,21)(H,20,22)/t14-/m0/s1. The molecule has 2 aromatic rings. The molecule has 6 heteroatoms. The van der Waals surface area contributed by atoms with Crippen molar-refractivity contribution in [2.45, 2.75) is 12.5 Å². The molecule has 0 saturated heterocycles. The number of primary amides is 1. The van der Waals surface area contributed by atoms with Crippen molar-refractivity contribution >= 4 is 27.7 Å². The number of hydrogen-bond donors (Lipinski definition) is 2. The monoisotopic (exact) mass is 364 g/mol. The predicted molar refractivity (Wildman–Crippen MR) is 84.7 cm³/mol. The van der Waals surface area contributed by atoms with E-state index in [-0.39, 0.29) is 12.0 Å². The Morgan fingerprint density at radius 2 is 1.68 bits per heavy atom. The van der Waals surface area contributed by atoms with Gasteiger partial charge in [-0.3, -0.25) is 9.59 Å². The maximum atomic E-state index is 12.9. The average Bonchev–Trinajstić information content (AvgIpc) is 2.49. The van der Waals surface area contributed by atoms with Gasteiger partial charge >= 0.3 is 0 Å². The van der Waals surface area contributed by atoms with E-state index in [0.717, 1.165) is 10.0 Å². The fraction of sp³-hybridized carbons (Fsp3) is 0.125. The summed E-state index contributed by atoms with van der Waals surface area (Å²) in [4.78, 5) is 23.6. The molecule has 4 nitrogen and oxygen atoms in total. The Labute approximate surface area is 135 Å². The minimum absolute atomic E-state index is 0.267. The molecule has 2 amide bonds. The van der Waals surface area contributed by atoms with Crippen LogP contribution in [-0.2, 0) is 11.2 Å². The van der Waals surface area contributed by atoms with Gasteiger partial charge in [0.25, 0.3) is 5.91 Å². The Morgan fingerprint density at radius 3 is 2.23 bits per heavy atom. The van der Waals surface area contributed by atoms with Crippen LogP contribution in [0.4, 0.5) is 4.39 Å². The summed E-state index contributed by atoms with van der Waals surface area (Å²) in [5, 5.41) is 2.57. The van der Waals surface area contributed by atoms with E-state index in [1.807, 2.05) is 24.3 Å². The topological polar surface area (TPSA) is 72.2 Å². The van der Waals surface area contributed by atoms with Gasteiger partial charge in [-0.15, -0.1) is 0 Å². The first kappa shape index (κ1) is 16.2. The Morgan fingerprint density at radius 1 is 1.09 bits per heavy atom. The molecule has 2 rings (SSSR count). The van der Waals surface area contributed by atoms with E-state index in [9.17, 15) is 14.0 Å². The van der Waals surface area contributed by atoms with Crippen LogP contribution < -0.4 is 11.1 Å². The van der Waals surface area contributed by atoms with E-state index in [1.54, 1.807) is 0 Å². The van der Waals surface area contributed by atoms with Crippen LogP contribution in [0.15, 0.2) is 53.0 Å². The van der Waals surface area contributed by atoms with Crippen LogP contribution in [0, 0.1) is 5.82 Å². The van der Waals surface area contributed by atoms with Crippen LogP contribution in [0.2, 0.25) is 0 Å². The molecule has 0 bridgehead atoms. The average molecular weight is 365 g/mol. The Balaban J connectivity index is 2.08. The van der Waals surface area contributed by atoms with Gasteiger partial charge in [-0.1, -0.05) is 28.1 Å². The molecular formula is C16H14BrFN2O2. The summed E-state index contributed by atoms with van der Waals surface area (Å²) in [7, 11) is 0. The molecule has 0 radical (unpaired) electrons. The molecule has 0 unspecified atom stereocenters. The third kappa shape index (κ3) is 4.39. The zero-order valence-electron chi connectivity index (χ0n) is 11.6. The molecule has 2 aromatic carbocycles. The molecule has 0 aliphatic carbocycles. The quantitative estimate of drug-likeness (QED) is 0.854. The lowest BCUT2D eigenvalue weighted by atomic mass is 10.0. The highest BCUT2D eigenvalue weighted by Gasteiger charge is 2.19. The first-order valence-corrected chi connectivity index (χ1v) is 7.35. The van der Waals surface area contributed by atoms with Crippen molar-refractivity contribution in [2.24, 2.45) is 5.73 Å². The molecule has 0 aliphatic rings. The van der Waals surface area contributed by atoms with Gasteiger partial charge in [0.1, 0.15) is 11.9 Å². The van der Waals surface area contributed by atoms with Gasteiger partial charge in [0.2, 0.25) is 5.91 Å². The maximum absolute atomic E-state index is 12.9. The second-order valence-corrected chi connectivity index (χ2v) is 5.68. The second-order valence-electron chi connectivity index (χ2n) is 4.77. The van der Waals surface area contributed by atoms with Crippen LogP contribution >= 0.6 is 15.9 Å². The lowest BCUT2D eigenvalue weighted by Gasteiger charge is -2.15. The van der Waals surface area contributed by atoms with Crippen molar-refractivity contribution in [1.82, 2.24) is 5.32 Å². The number of benzene rings is 2. The van der Waals surface area contributed by atoms with Crippen molar-refractivity contribution < 1.29 is 14.0 Å². The van der Waals surface area contributed by atoms with Crippen LogP contribution in [0.5, 0.6) is 0 Å². The fourth-order valence-corrected chi connectivity index (χ4v) is 2.19. The van der Waals surface area contributed by atoms with Gasteiger partial charge in [-0.2, -0.15) is 0 Å². The summed E-state index contributed by atoms with van der Waals surface area (Å²) >= 11 is 3.33. The van der Waals surface area contributed by atoms with Crippen molar-refractivity contribution in [2.75, 3.05) is 0 Å². The minimum Gasteiger partial charge on any atom is -0.368 e. The molecule has 0 heterocycles. The summed E-state index contributed by atoms with van der Waals surface area (Å²) in [6.07, 6.45) is 0.287. The molecule has 114 valence electrons. The highest BCUT2D eigenvalue weighted by atomic mass is 79.9. The first-order chi connectivity index (χ1) is 10.5. The molecular weight excluding hydrogens is 351 g/mol. The Kier molecular flexibility index (Phi) is 5.27. The van der Waals surface area contributed by atoms with E-state index in [1.165, 1.54) is 24.3 Å². The number of hydrogen-bond acceptors (Lipinski definition) is 2. The number of amides is 2. The third-order valence-corrected chi connectivity index (χ3v) is 3.64. The van der Waals surface area contributed by atoms with Gasteiger partial charge < -0.3 is 11.1 Å². The summed E-state index contributed by atoms with van der Waals surface area (Å²) < 4.78 is 13.8. The fourth-order valence-electron chi connectivity index (χ4n) is 1.92. The van der Waals surface area contributed by atoms with Gasteiger partial charge in [0.05, 0.1) is 0 Å². The maximum Gasteiger partial charge on any atom is 0.251 e. The number of nitrogens with one attached hydrogen (secondary N) is 1. The van der Waals surface area contributed by atoms with E-state index in [4.69, 9.17) is 5.73 Å². The lowest BCUT2D eigenvalue weighted by Crippen LogP contribution is -2.45. The SMILES string of the molecule is NC(=O)[C@H](Cc1ccc(Br)cc1)NC(=O)c1ccc(F)cc1. The van der Waals surface area contributed by atoms with Crippen molar-refractivity contribution in [3.63, 3.8) is 0 Å². The minimum atomic E-state index is -0.835. The summed E-state index contributed by atoms with van der Waals surface area (Å²) in [6, 6.07) is 11.6. The lowest BCUT2D eigenvalue weighted by molar-refractivity contribution is -0.119. The Hall–Kier alpha value is -2.21. The smallest absolute Gasteiger partial charge is 0.251 e. The summed E-state index contributed by atoms with van der Waals surface area (Å²) in [5.41, 5.74) is 6.48. The van der Waals surface area contributed by atoms with Crippen molar-refractivity contribution in [1.29, 1.82) is 0 Å². The number of rotatable bonds is 5. The number of nitrogens with two attached hydrogens (primary N) is 1. The second kappa shape index (κ2) is 7.17. The predicted octanol–water partition coefficient (Wildman–Crippen LogP) is 2.41. The third-order valence-electron chi connectivity index (χ3n) is 3.11. The van der Waals surface area contributed by atoms with Crippen molar-refractivity contribution in [3.05, 3.63) is 69.9 Å². The number of halogens is 2. The van der Waals surface area contributed by atoms with Gasteiger partial charge in [0, 0.05) is 16.5 Å². The first-order valence-electron chi connectivity index (χ1n) is 6.56. The molecule has 0 aliphatic heterocycles. The van der Waals surface area contributed by atoms with Crippen molar-refractivity contribution in [3.8, 4) is 0 Å². The van der Waals surface area contributed by atoms with Crippen LogP contribution in [0.3, 0.4) is 0 Å². The largest absolute Gasteiger partial charge is 0.368 e. The highest BCUT2D eigenvalue weighted by Crippen LogP contribution is 2.12. The van der Waals surface area contributed by atoms with Crippen LogP contribution in [0.25, 0.3) is 0 Å². The van der Waals surface area contributed by atoms with E-state index < -0.39 is 23.7 Å². The van der Waals surface area contributed by atoms with Gasteiger partial charge in [-0.25, -0.2) is 4.39 Å². The summed E-state index contributed by atoms with van der Waals surface area (Å²) in [5.74, 6) is -1.53.